The first-order valence-corrected chi connectivity index (χ1v) is 9.33. The lowest BCUT2D eigenvalue weighted by Crippen LogP contribution is -2.37. The van der Waals surface area contributed by atoms with Gasteiger partial charge in [-0.05, 0) is 40.9 Å². The molecule has 1 aromatic heterocycles. The van der Waals surface area contributed by atoms with Crippen molar-refractivity contribution in [3.05, 3.63) is 15.9 Å². The number of hydrogen-bond donors (Lipinski definition) is 0. The van der Waals surface area contributed by atoms with Crippen LogP contribution in [-0.4, -0.2) is 38.5 Å². The minimum Gasteiger partial charge on any atom is -0.377 e. The van der Waals surface area contributed by atoms with E-state index in [1.165, 1.54) is 15.6 Å². The molecule has 0 amide bonds. The first kappa shape index (κ1) is 15.9. The maximum Gasteiger partial charge on any atom is 0.252 e. The third-order valence-corrected chi connectivity index (χ3v) is 7.00. The summed E-state index contributed by atoms with van der Waals surface area (Å²) in [5.41, 5.74) is 0. The smallest absolute Gasteiger partial charge is 0.252 e. The van der Waals surface area contributed by atoms with Crippen LogP contribution in [0.3, 0.4) is 0 Å². The Bertz CT molecular complexity index is 588. The molecule has 1 unspecified atom stereocenters. The van der Waals surface area contributed by atoms with Crippen molar-refractivity contribution in [2.45, 2.75) is 29.6 Å². The van der Waals surface area contributed by atoms with Crippen LogP contribution >= 0.6 is 27.3 Å². The van der Waals surface area contributed by atoms with E-state index < -0.39 is 10.0 Å². The highest BCUT2D eigenvalue weighted by atomic mass is 79.9. The Kier molecular flexibility index (Phi) is 5.57. The third kappa shape index (κ3) is 3.80. The lowest BCUT2D eigenvalue weighted by Gasteiger charge is -2.23. The average molecular weight is 379 g/mol. The van der Waals surface area contributed by atoms with Crippen molar-refractivity contribution < 1.29 is 13.2 Å². The predicted molar refractivity (Wildman–Crippen MR) is 80.0 cm³/mol. The standard InChI is InChI=1S/C12H15BrN2O3S2/c13-11-4-5-12(19-11)20(16,17)15(7-2-6-14)9-10-3-1-8-18-10/h4-5,10H,1-3,7-9H2. The fourth-order valence-electron chi connectivity index (χ4n) is 2.06. The van der Waals surface area contributed by atoms with Crippen LogP contribution in [0.5, 0.6) is 0 Å². The highest BCUT2D eigenvalue weighted by molar-refractivity contribution is 9.11. The Hall–Kier alpha value is -0.460. The molecule has 0 aromatic carbocycles. The van der Waals surface area contributed by atoms with Gasteiger partial charge in [0.25, 0.3) is 10.0 Å². The molecule has 2 heterocycles. The molecule has 0 N–H and O–H groups in total. The summed E-state index contributed by atoms with van der Waals surface area (Å²) in [5, 5.41) is 8.71. The van der Waals surface area contributed by atoms with Gasteiger partial charge >= 0.3 is 0 Å². The first-order valence-electron chi connectivity index (χ1n) is 6.28. The van der Waals surface area contributed by atoms with Crippen LogP contribution in [0, 0.1) is 11.3 Å². The SMILES string of the molecule is N#CCCN(CC1CCCO1)S(=O)(=O)c1ccc(Br)s1. The second-order valence-corrected chi connectivity index (χ2v) is 9.09. The molecule has 1 aliphatic rings. The lowest BCUT2D eigenvalue weighted by molar-refractivity contribution is 0.0941. The van der Waals surface area contributed by atoms with E-state index in [2.05, 4.69) is 15.9 Å². The zero-order valence-corrected chi connectivity index (χ0v) is 14.0. The van der Waals surface area contributed by atoms with E-state index >= 15 is 0 Å². The van der Waals surface area contributed by atoms with Crippen LogP contribution in [-0.2, 0) is 14.8 Å². The topological polar surface area (TPSA) is 70.4 Å². The Morgan fingerprint density at radius 2 is 2.35 bits per heavy atom. The van der Waals surface area contributed by atoms with Gasteiger partial charge in [0.05, 0.1) is 16.0 Å². The van der Waals surface area contributed by atoms with Gasteiger partial charge in [-0.2, -0.15) is 9.57 Å². The number of nitrogens with zero attached hydrogens (tertiary/aromatic N) is 2. The fraction of sp³-hybridized carbons (Fsp3) is 0.583. The molecule has 0 bridgehead atoms. The summed E-state index contributed by atoms with van der Waals surface area (Å²) >= 11 is 4.45. The molecular formula is C12H15BrN2O3S2. The van der Waals surface area contributed by atoms with E-state index in [0.717, 1.165) is 16.6 Å². The van der Waals surface area contributed by atoms with Gasteiger partial charge in [0.1, 0.15) is 4.21 Å². The van der Waals surface area contributed by atoms with Gasteiger partial charge in [-0.3, -0.25) is 0 Å². The molecule has 2 rings (SSSR count). The molecule has 20 heavy (non-hydrogen) atoms. The molecule has 1 saturated heterocycles. The van der Waals surface area contributed by atoms with Gasteiger partial charge in [0.2, 0.25) is 0 Å². The molecule has 5 nitrogen and oxygen atoms in total. The molecule has 1 aromatic rings. The number of halogens is 1. The minimum atomic E-state index is -3.55. The third-order valence-electron chi connectivity index (χ3n) is 3.05. The van der Waals surface area contributed by atoms with Gasteiger partial charge in [-0.1, -0.05) is 0 Å². The van der Waals surface area contributed by atoms with Crippen LogP contribution in [0.15, 0.2) is 20.1 Å². The minimum absolute atomic E-state index is 0.0631. The Morgan fingerprint density at radius 1 is 1.55 bits per heavy atom. The summed E-state index contributed by atoms with van der Waals surface area (Å²) in [4.78, 5) is 0. The molecule has 110 valence electrons. The van der Waals surface area contributed by atoms with Crippen molar-refractivity contribution >= 4 is 37.3 Å². The summed E-state index contributed by atoms with van der Waals surface area (Å²) in [5.74, 6) is 0. The first-order chi connectivity index (χ1) is 9.54. The van der Waals surface area contributed by atoms with Crippen LogP contribution in [0.1, 0.15) is 19.3 Å². The highest BCUT2D eigenvalue weighted by Gasteiger charge is 2.29. The monoisotopic (exact) mass is 378 g/mol. The van der Waals surface area contributed by atoms with Crippen molar-refractivity contribution in [3.63, 3.8) is 0 Å². The molecule has 0 spiro atoms. The summed E-state index contributed by atoms with van der Waals surface area (Å²) in [7, 11) is -3.55. The quantitative estimate of drug-likeness (QED) is 0.762. The molecule has 1 aliphatic heterocycles. The number of nitriles is 1. The molecule has 8 heteroatoms. The lowest BCUT2D eigenvalue weighted by atomic mass is 10.2. The zero-order valence-electron chi connectivity index (χ0n) is 10.8. The van der Waals surface area contributed by atoms with Gasteiger partial charge in [-0.15, -0.1) is 11.3 Å². The second kappa shape index (κ2) is 7.00. The molecule has 0 aliphatic carbocycles. The Balaban J connectivity index is 2.18. The van der Waals surface area contributed by atoms with Crippen LogP contribution in [0.4, 0.5) is 0 Å². The highest BCUT2D eigenvalue weighted by Crippen LogP contribution is 2.29. The maximum absolute atomic E-state index is 12.6. The summed E-state index contributed by atoms with van der Waals surface area (Å²) in [6.45, 7) is 1.20. The van der Waals surface area contributed by atoms with E-state index in [9.17, 15) is 8.42 Å². The van der Waals surface area contributed by atoms with Crippen LogP contribution in [0.25, 0.3) is 0 Å². The molecule has 1 atom stereocenters. The molecule has 0 saturated carbocycles. The fourth-order valence-corrected chi connectivity index (χ4v) is 5.70. The number of sulfonamides is 1. The number of thiophene rings is 1. The largest absolute Gasteiger partial charge is 0.377 e. The van der Waals surface area contributed by atoms with Gasteiger partial charge in [0, 0.05) is 26.1 Å². The second-order valence-electron chi connectivity index (χ2n) is 4.46. The van der Waals surface area contributed by atoms with Crippen molar-refractivity contribution in [1.82, 2.24) is 4.31 Å². The van der Waals surface area contributed by atoms with E-state index in [4.69, 9.17) is 10.00 Å². The van der Waals surface area contributed by atoms with Crippen molar-refractivity contribution in [3.8, 4) is 6.07 Å². The van der Waals surface area contributed by atoms with Gasteiger partial charge < -0.3 is 4.74 Å². The normalized spacial score (nSPS) is 19.4. The zero-order chi connectivity index (χ0) is 14.6. The number of hydrogen-bond acceptors (Lipinski definition) is 5. The molecule has 0 radical (unpaired) electrons. The van der Waals surface area contributed by atoms with E-state index in [1.807, 2.05) is 6.07 Å². The molecule has 1 fully saturated rings. The van der Waals surface area contributed by atoms with Crippen molar-refractivity contribution in [1.29, 1.82) is 5.26 Å². The van der Waals surface area contributed by atoms with Gasteiger partial charge in [-0.25, -0.2) is 8.42 Å². The number of ether oxygens (including phenoxy) is 1. The van der Waals surface area contributed by atoms with Crippen molar-refractivity contribution in [2.75, 3.05) is 19.7 Å². The van der Waals surface area contributed by atoms with Crippen LogP contribution in [0.2, 0.25) is 0 Å². The molecular weight excluding hydrogens is 364 g/mol. The van der Waals surface area contributed by atoms with E-state index in [1.54, 1.807) is 12.1 Å². The average Bonchev–Trinajstić information content (AvgIpc) is 3.05. The summed E-state index contributed by atoms with van der Waals surface area (Å²) < 4.78 is 33.1. The summed E-state index contributed by atoms with van der Waals surface area (Å²) in [6.07, 6.45) is 1.94. The van der Waals surface area contributed by atoms with E-state index in [0.29, 0.717) is 17.4 Å². The van der Waals surface area contributed by atoms with Crippen LogP contribution < -0.4 is 0 Å². The Morgan fingerprint density at radius 3 is 2.90 bits per heavy atom. The van der Waals surface area contributed by atoms with Crippen molar-refractivity contribution in [2.24, 2.45) is 0 Å². The predicted octanol–water partition coefficient (Wildman–Crippen LogP) is 2.59. The Labute approximate surface area is 131 Å². The van der Waals surface area contributed by atoms with Gasteiger partial charge in [0.15, 0.2) is 0 Å². The van der Waals surface area contributed by atoms with E-state index in [-0.39, 0.29) is 19.1 Å². The maximum atomic E-state index is 12.6. The summed E-state index contributed by atoms with van der Waals surface area (Å²) in [6, 6.07) is 5.30. The number of rotatable bonds is 6.